The highest BCUT2D eigenvalue weighted by Crippen LogP contribution is 2.17. The Morgan fingerprint density at radius 1 is 1.33 bits per heavy atom. The number of anilines is 1. The summed E-state index contributed by atoms with van der Waals surface area (Å²) in [6, 6.07) is 8.22. The van der Waals surface area contributed by atoms with Crippen molar-refractivity contribution in [1.29, 1.82) is 0 Å². The fraction of sp³-hybridized carbons (Fsp3) is 0.182. The Morgan fingerprint density at radius 2 is 2.20 bits per heavy atom. The van der Waals surface area contributed by atoms with E-state index in [0.29, 0.717) is 0 Å². The van der Waals surface area contributed by atoms with Gasteiger partial charge in [-0.3, -0.25) is 0 Å². The highest BCUT2D eigenvalue weighted by molar-refractivity contribution is 9.10. The van der Waals surface area contributed by atoms with Crippen molar-refractivity contribution >= 4 is 33.1 Å². The van der Waals surface area contributed by atoms with Gasteiger partial charge in [-0.15, -0.1) is 11.3 Å². The summed E-state index contributed by atoms with van der Waals surface area (Å²) in [5.41, 5.74) is 0. The predicted molar refractivity (Wildman–Crippen MR) is 68.3 cm³/mol. The summed E-state index contributed by atoms with van der Waals surface area (Å²) in [7, 11) is 0. The van der Waals surface area contributed by atoms with Crippen LogP contribution in [0.1, 0.15) is 9.75 Å². The maximum absolute atomic E-state index is 4.25. The molecule has 4 heteroatoms. The van der Waals surface area contributed by atoms with Crippen LogP contribution in [0.4, 0.5) is 5.82 Å². The molecule has 0 aliphatic carbocycles. The molecule has 0 aliphatic heterocycles. The van der Waals surface area contributed by atoms with E-state index in [9.17, 15) is 0 Å². The lowest BCUT2D eigenvalue weighted by Gasteiger charge is -2.02. The van der Waals surface area contributed by atoms with E-state index in [0.717, 1.165) is 16.8 Å². The van der Waals surface area contributed by atoms with Crippen LogP contribution in [-0.4, -0.2) is 4.98 Å². The summed E-state index contributed by atoms with van der Waals surface area (Å²) in [6.07, 6.45) is 1.79. The molecule has 0 spiro atoms. The van der Waals surface area contributed by atoms with Crippen LogP contribution in [0.5, 0.6) is 0 Å². The Morgan fingerprint density at radius 3 is 2.80 bits per heavy atom. The minimum Gasteiger partial charge on any atom is -0.365 e. The van der Waals surface area contributed by atoms with E-state index < -0.39 is 0 Å². The van der Waals surface area contributed by atoms with Gasteiger partial charge in [-0.2, -0.15) is 0 Å². The lowest BCUT2D eigenvalue weighted by Crippen LogP contribution is -1.98. The number of rotatable bonds is 3. The van der Waals surface area contributed by atoms with E-state index in [2.05, 4.69) is 45.3 Å². The second-order valence-corrected chi connectivity index (χ2v) is 5.52. The van der Waals surface area contributed by atoms with Gasteiger partial charge in [0, 0.05) is 20.4 Å². The van der Waals surface area contributed by atoms with Crippen molar-refractivity contribution in [3.8, 4) is 0 Å². The molecular formula is C11H11BrN2S. The molecule has 78 valence electrons. The number of nitrogens with one attached hydrogen (secondary N) is 1. The molecule has 1 N–H and O–H groups in total. The zero-order chi connectivity index (χ0) is 10.7. The molecule has 0 atom stereocenters. The van der Waals surface area contributed by atoms with Gasteiger partial charge in [-0.1, -0.05) is 0 Å². The average Bonchev–Trinajstić information content (AvgIpc) is 2.64. The van der Waals surface area contributed by atoms with Crippen molar-refractivity contribution in [3.63, 3.8) is 0 Å². The van der Waals surface area contributed by atoms with Crippen molar-refractivity contribution in [2.75, 3.05) is 5.32 Å². The number of thiophene rings is 1. The van der Waals surface area contributed by atoms with E-state index >= 15 is 0 Å². The number of pyridine rings is 1. The number of nitrogens with zero attached hydrogens (tertiary/aromatic N) is 1. The molecule has 15 heavy (non-hydrogen) atoms. The molecule has 0 bridgehead atoms. The largest absolute Gasteiger partial charge is 0.365 e. The van der Waals surface area contributed by atoms with Crippen LogP contribution in [0.25, 0.3) is 0 Å². The van der Waals surface area contributed by atoms with Crippen LogP contribution in [0, 0.1) is 6.92 Å². The molecule has 0 aliphatic rings. The highest BCUT2D eigenvalue weighted by Gasteiger charge is 1.97. The van der Waals surface area contributed by atoms with Crippen molar-refractivity contribution in [2.45, 2.75) is 13.5 Å². The zero-order valence-corrected chi connectivity index (χ0v) is 10.7. The highest BCUT2D eigenvalue weighted by atomic mass is 79.9. The van der Waals surface area contributed by atoms with Crippen LogP contribution < -0.4 is 5.32 Å². The summed E-state index contributed by atoms with van der Waals surface area (Å²) in [5, 5.41) is 3.28. The molecule has 2 nitrogen and oxygen atoms in total. The van der Waals surface area contributed by atoms with Gasteiger partial charge in [0.25, 0.3) is 0 Å². The summed E-state index contributed by atoms with van der Waals surface area (Å²) in [4.78, 5) is 6.92. The normalized spacial score (nSPS) is 10.3. The van der Waals surface area contributed by atoms with Gasteiger partial charge in [-0.25, -0.2) is 4.98 Å². The average molecular weight is 283 g/mol. The minimum atomic E-state index is 0.840. The monoisotopic (exact) mass is 282 g/mol. The molecule has 0 unspecified atom stereocenters. The molecule has 0 amide bonds. The molecule has 0 radical (unpaired) electrons. The minimum absolute atomic E-state index is 0.840. The third kappa shape index (κ3) is 3.04. The van der Waals surface area contributed by atoms with Crippen LogP contribution in [0.3, 0.4) is 0 Å². The quantitative estimate of drug-likeness (QED) is 0.926. The fourth-order valence-corrected chi connectivity index (χ4v) is 2.30. The lowest BCUT2D eigenvalue weighted by atomic mass is 10.4. The van der Waals surface area contributed by atoms with Crippen LogP contribution in [-0.2, 0) is 6.54 Å². The number of aromatic nitrogens is 1. The first-order valence-corrected chi connectivity index (χ1v) is 6.26. The molecule has 2 rings (SSSR count). The summed E-state index contributed by atoms with van der Waals surface area (Å²) < 4.78 is 1.00. The topological polar surface area (TPSA) is 24.9 Å². The summed E-state index contributed by atoms with van der Waals surface area (Å²) >= 11 is 5.17. The smallest absolute Gasteiger partial charge is 0.126 e. The Kier molecular flexibility index (Phi) is 3.38. The van der Waals surface area contributed by atoms with E-state index in [4.69, 9.17) is 0 Å². The lowest BCUT2D eigenvalue weighted by molar-refractivity contribution is 1.14. The third-order valence-electron chi connectivity index (χ3n) is 1.97. The first-order valence-electron chi connectivity index (χ1n) is 4.65. The molecule has 0 fully saturated rings. The van der Waals surface area contributed by atoms with E-state index in [1.165, 1.54) is 9.75 Å². The van der Waals surface area contributed by atoms with Gasteiger partial charge in [0.2, 0.25) is 0 Å². The molecular weight excluding hydrogens is 272 g/mol. The SMILES string of the molecule is Cc1ccc(CNc2ccc(Br)cn2)s1. The van der Waals surface area contributed by atoms with Crippen LogP contribution in [0.15, 0.2) is 34.9 Å². The van der Waals surface area contributed by atoms with Gasteiger partial charge in [-0.05, 0) is 47.1 Å². The Labute approximate surface area is 101 Å². The second-order valence-electron chi connectivity index (χ2n) is 3.23. The fourth-order valence-electron chi connectivity index (χ4n) is 1.24. The van der Waals surface area contributed by atoms with Crippen LogP contribution >= 0.6 is 27.3 Å². The van der Waals surface area contributed by atoms with Crippen molar-refractivity contribution in [3.05, 3.63) is 44.7 Å². The molecule has 2 aromatic rings. The molecule has 0 saturated heterocycles. The van der Waals surface area contributed by atoms with Gasteiger partial charge in [0.1, 0.15) is 5.82 Å². The van der Waals surface area contributed by atoms with Gasteiger partial charge < -0.3 is 5.32 Å². The standard InChI is InChI=1S/C11H11BrN2S/c1-8-2-4-10(15-8)7-14-11-5-3-9(12)6-13-11/h2-6H,7H2,1H3,(H,13,14). The third-order valence-corrected chi connectivity index (χ3v) is 3.44. The summed E-state index contributed by atoms with van der Waals surface area (Å²) in [5.74, 6) is 0.907. The Bertz CT molecular complexity index is 436. The van der Waals surface area contributed by atoms with Crippen molar-refractivity contribution in [1.82, 2.24) is 4.98 Å². The van der Waals surface area contributed by atoms with Gasteiger partial charge in [0.05, 0.1) is 6.54 Å². The maximum atomic E-state index is 4.25. The van der Waals surface area contributed by atoms with Crippen LogP contribution in [0.2, 0.25) is 0 Å². The number of hydrogen-bond donors (Lipinski definition) is 1. The molecule has 2 heterocycles. The summed E-state index contributed by atoms with van der Waals surface area (Å²) in [6.45, 7) is 2.96. The zero-order valence-electron chi connectivity index (χ0n) is 8.33. The van der Waals surface area contributed by atoms with Gasteiger partial charge >= 0.3 is 0 Å². The first kappa shape index (κ1) is 10.6. The number of aryl methyl sites for hydroxylation is 1. The maximum Gasteiger partial charge on any atom is 0.126 e. The van der Waals surface area contributed by atoms with Crippen molar-refractivity contribution < 1.29 is 0 Å². The van der Waals surface area contributed by atoms with E-state index in [1.807, 2.05) is 23.5 Å². The molecule has 2 aromatic heterocycles. The van der Waals surface area contributed by atoms with Crippen molar-refractivity contribution in [2.24, 2.45) is 0 Å². The Hall–Kier alpha value is -0.870. The van der Waals surface area contributed by atoms with Gasteiger partial charge in [0.15, 0.2) is 0 Å². The molecule has 0 aromatic carbocycles. The first-order chi connectivity index (χ1) is 7.24. The predicted octanol–water partition coefficient (Wildman–Crippen LogP) is 3.83. The number of halogens is 1. The van der Waals surface area contributed by atoms with E-state index in [-0.39, 0.29) is 0 Å². The second kappa shape index (κ2) is 4.77. The molecule has 0 saturated carbocycles. The Balaban J connectivity index is 1.96. The van der Waals surface area contributed by atoms with E-state index in [1.54, 1.807) is 6.20 Å². The number of hydrogen-bond acceptors (Lipinski definition) is 3.